The van der Waals surface area contributed by atoms with Gasteiger partial charge in [0, 0.05) is 54.4 Å². The van der Waals surface area contributed by atoms with Crippen LogP contribution in [0.15, 0.2) is 65.1 Å². The standard InChI is InChI=1S/C27H28N4O4/c1-15-8-13-19-18(14-15)27(26(34)29-19)22-20(6-5-7-21(22)32)31(24(28)23(27)25(33)35-4)17-11-9-16(10-12-17)30(2)3/h8-14H,5-7,28H2,1-4H3,(H,29,34). The van der Waals surface area contributed by atoms with E-state index in [0.717, 1.165) is 11.3 Å². The third kappa shape index (κ3) is 3.09. The van der Waals surface area contributed by atoms with Crippen LogP contribution in [0.25, 0.3) is 0 Å². The number of fused-ring (bicyclic) bond motifs is 3. The van der Waals surface area contributed by atoms with Crippen LogP contribution in [0.2, 0.25) is 0 Å². The number of nitrogens with zero attached hydrogens (tertiary/aromatic N) is 2. The number of methoxy groups -OCH3 is 1. The van der Waals surface area contributed by atoms with Gasteiger partial charge in [-0.3, -0.25) is 14.5 Å². The average Bonchev–Trinajstić information content (AvgIpc) is 3.10. The normalized spacial score (nSPS) is 21.2. The molecule has 0 saturated carbocycles. The van der Waals surface area contributed by atoms with E-state index >= 15 is 0 Å². The Labute approximate surface area is 204 Å². The fourth-order valence-corrected chi connectivity index (χ4v) is 5.52. The summed E-state index contributed by atoms with van der Waals surface area (Å²) in [7, 11) is 5.15. The van der Waals surface area contributed by atoms with Gasteiger partial charge in [0.2, 0.25) is 5.91 Å². The number of carbonyl (C=O) groups excluding carboxylic acids is 3. The highest BCUT2D eigenvalue weighted by Gasteiger charge is 2.61. The smallest absolute Gasteiger partial charge is 0.339 e. The number of esters is 1. The number of allylic oxidation sites excluding steroid dienone is 1. The van der Waals surface area contributed by atoms with Crippen molar-refractivity contribution in [2.24, 2.45) is 5.73 Å². The highest BCUT2D eigenvalue weighted by Crippen LogP contribution is 2.55. The molecule has 0 radical (unpaired) electrons. The van der Waals surface area contributed by atoms with Crippen molar-refractivity contribution in [3.63, 3.8) is 0 Å². The van der Waals surface area contributed by atoms with E-state index in [1.807, 2.05) is 62.3 Å². The molecule has 2 aromatic rings. The Hall–Kier alpha value is -4.07. The van der Waals surface area contributed by atoms with Crippen molar-refractivity contribution in [2.45, 2.75) is 31.6 Å². The van der Waals surface area contributed by atoms with E-state index in [2.05, 4.69) is 5.32 Å². The van der Waals surface area contributed by atoms with Crippen LogP contribution in [0.5, 0.6) is 0 Å². The Morgan fingerprint density at radius 2 is 1.83 bits per heavy atom. The molecule has 0 aromatic heterocycles. The number of hydrogen-bond acceptors (Lipinski definition) is 7. The lowest BCUT2D eigenvalue weighted by Crippen LogP contribution is -2.53. The number of rotatable bonds is 3. The zero-order chi connectivity index (χ0) is 25.1. The monoisotopic (exact) mass is 472 g/mol. The van der Waals surface area contributed by atoms with Gasteiger partial charge in [-0.2, -0.15) is 0 Å². The Balaban J connectivity index is 1.86. The second-order valence-electron chi connectivity index (χ2n) is 9.35. The molecule has 1 amide bonds. The number of amides is 1. The van der Waals surface area contributed by atoms with Crippen molar-refractivity contribution in [3.8, 4) is 0 Å². The van der Waals surface area contributed by atoms with Gasteiger partial charge >= 0.3 is 5.97 Å². The molecule has 2 aliphatic heterocycles. The fourth-order valence-electron chi connectivity index (χ4n) is 5.52. The SMILES string of the molecule is COC(=O)C1=C(N)N(c2ccc(N(C)C)cc2)C2=C(C(=O)CCC2)C12C(=O)Nc1ccc(C)cc12. The number of nitrogens with one attached hydrogen (secondary N) is 1. The van der Waals surface area contributed by atoms with Gasteiger partial charge in [0.05, 0.1) is 7.11 Å². The second kappa shape index (κ2) is 8.01. The quantitative estimate of drug-likeness (QED) is 0.662. The van der Waals surface area contributed by atoms with E-state index in [1.165, 1.54) is 7.11 Å². The topological polar surface area (TPSA) is 105 Å². The minimum Gasteiger partial charge on any atom is -0.466 e. The molecule has 2 heterocycles. The van der Waals surface area contributed by atoms with Crippen LogP contribution in [0.4, 0.5) is 17.1 Å². The van der Waals surface area contributed by atoms with Crippen LogP contribution in [-0.2, 0) is 24.5 Å². The molecule has 1 unspecified atom stereocenters. The molecule has 35 heavy (non-hydrogen) atoms. The highest BCUT2D eigenvalue weighted by atomic mass is 16.5. The maximum Gasteiger partial charge on any atom is 0.339 e. The third-order valence-electron chi connectivity index (χ3n) is 7.08. The number of hydrogen-bond donors (Lipinski definition) is 2. The summed E-state index contributed by atoms with van der Waals surface area (Å²) in [5.74, 6) is -1.29. The van der Waals surface area contributed by atoms with Crippen molar-refractivity contribution >= 4 is 34.7 Å². The van der Waals surface area contributed by atoms with E-state index in [-0.39, 0.29) is 23.6 Å². The van der Waals surface area contributed by atoms with Crippen LogP contribution >= 0.6 is 0 Å². The molecule has 3 N–H and O–H groups in total. The van der Waals surface area contributed by atoms with Gasteiger partial charge in [0.25, 0.3) is 0 Å². The number of aryl methyl sites for hydroxylation is 1. The molecular weight excluding hydrogens is 444 g/mol. The van der Waals surface area contributed by atoms with Gasteiger partial charge in [-0.15, -0.1) is 0 Å². The van der Waals surface area contributed by atoms with Gasteiger partial charge in [-0.05, 0) is 50.1 Å². The zero-order valence-electron chi connectivity index (χ0n) is 20.3. The van der Waals surface area contributed by atoms with Gasteiger partial charge in [0.1, 0.15) is 16.8 Å². The van der Waals surface area contributed by atoms with Crippen molar-refractivity contribution in [1.29, 1.82) is 0 Å². The molecule has 1 spiro atoms. The number of ether oxygens (including phenoxy) is 1. The van der Waals surface area contributed by atoms with Gasteiger partial charge < -0.3 is 20.7 Å². The summed E-state index contributed by atoms with van der Waals surface area (Å²) in [6.07, 6.45) is 1.46. The number of Topliss-reactive ketones (excluding diaryl/α,β-unsaturated/α-hetero) is 1. The minimum absolute atomic E-state index is 0.0347. The van der Waals surface area contributed by atoms with Crippen molar-refractivity contribution in [2.75, 3.05) is 36.3 Å². The number of nitrogens with two attached hydrogens (primary N) is 1. The first-order valence-corrected chi connectivity index (χ1v) is 11.6. The molecule has 1 atom stereocenters. The molecule has 2 aromatic carbocycles. The van der Waals surface area contributed by atoms with Crippen LogP contribution in [0.1, 0.15) is 30.4 Å². The lowest BCUT2D eigenvalue weighted by atomic mass is 9.63. The van der Waals surface area contributed by atoms with Crippen molar-refractivity contribution in [3.05, 3.63) is 76.3 Å². The molecule has 0 saturated heterocycles. The van der Waals surface area contributed by atoms with Crippen LogP contribution < -0.4 is 20.9 Å². The summed E-state index contributed by atoms with van der Waals surface area (Å²) in [5, 5.41) is 2.90. The van der Waals surface area contributed by atoms with E-state index in [9.17, 15) is 14.4 Å². The number of carbonyl (C=O) groups is 3. The Kier molecular flexibility index (Phi) is 5.20. The van der Waals surface area contributed by atoms with Crippen LogP contribution in [0, 0.1) is 6.92 Å². The predicted molar refractivity (Wildman–Crippen MR) is 134 cm³/mol. The molecule has 3 aliphatic rings. The molecular formula is C27H28N4O4. The molecule has 0 fully saturated rings. The van der Waals surface area contributed by atoms with Crippen molar-refractivity contribution < 1.29 is 19.1 Å². The van der Waals surface area contributed by atoms with Crippen LogP contribution in [-0.4, -0.2) is 38.9 Å². The first kappa shape index (κ1) is 22.7. The molecule has 0 bridgehead atoms. The predicted octanol–water partition coefficient (Wildman–Crippen LogP) is 3.12. The van der Waals surface area contributed by atoms with E-state index in [0.29, 0.717) is 41.1 Å². The third-order valence-corrected chi connectivity index (χ3v) is 7.08. The lowest BCUT2D eigenvalue weighted by molar-refractivity contribution is -0.138. The fraction of sp³-hybridized carbons (Fsp3) is 0.296. The Morgan fingerprint density at radius 3 is 2.49 bits per heavy atom. The summed E-state index contributed by atoms with van der Waals surface area (Å²) >= 11 is 0. The number of ketones is 1. The largest absolute Gasteiger partial charge is 0.466 e. The Bertz CT molecular complexity index is 1340. The average molecular weight is 473 g/mol. The van der Waals surface area contributed by atoms with E-state index in [4.69, 9.17) is 10.5 Å². The van der Waals surface area contributed by atoms with Gasteiger partial charge in [-0.25, -0.2) is 4.79 Å². The highest BCUT2D eigenvalue weighted by molar-refractivity contribution is 6.23. The molecule has 8 nitrogen and oxygen atoms in total. The second-order valence-corrected chi connectivity index (χ2v) is 9.35. The molecule has 180 valence electrons. The first-order chi connectivity index (χ1) is 16.7. The summed E-state index contributed by atoms with van der Waals surface area (Å²) in [4.78, 5) is 44.6. The minimum atomic E-state index is -1.66. The summed E-state index contributed by atoms with van der Waals surface area (Å²) < 4.78 is 5.17. The summed E-state index contributed by atoms with van der Waals surface area (Å²) in [6, 6.07) is 13.2. The summed E-state index contributed by atoms with van der Waals surface area (Å²) in [6.45, 7) is 1.90. The Morgan fingerprint density at radius 1 is 1.11 bits per heavy atom. The number of anilines is 3. The van der Waals surface area contributed by atoms with Gasteiger partial charge in [-0.1, -0.05) is 17.7 Å². The molecule has 1 aliphatic carbocycles. The number of benzene rings is 2. The molecule has 5 rings (SSSR count). The zero-order valence-corrected chi connectivity index (χ0v) is 20.3. The van der Waals surface area contributed by atoms with Crippen LogP contribution in [0.3, 0.4) is 0 Å². The van der Waals surface area contributed by atoms with E-state index in [1.54, 1.807) is 11.0 Å². The lowest BCUT2D eigenvalue weighted by Gasteiger charge is -2.44. The maximum absolute atomic E-state index is 13.8. The summed E-state index contributed by atoms with van der Waals surface area (Å²) in [5.41, 5.74) is 9.72. The van der Waals surface area contributed by atoms with E-state index < -0.39 is 17.3 Å². The van der Waals surface area contributed by atoms with Gasteiger partial charge in [0.15, 0.2) is 5.78 Å². The van der Waals surface area contributed by atoms with Crippen molar-refractivity contribution in [1.82, 2.24) is 0 Å². The molecule has 8 heteroatoms. The maximum atomic E-state index is 13.8. The first-order valence-electron chi connectivity index (χ1n) is 11.6.